The average molecular weight is 168 g/mol. The van der Waals surface area contributed by atoms with Crippen molar-refractivity contribution in [1.82, 2.24) is 0 Å². The topological polar surface area (TPSA) is 32.8 Å². The van der Waals surface area contributed by atoms with E-state index in [4.69, 9.17) is 4.74 Å². The first-order valence-corrected chi connectivity index (χ1v) is 4.53. The first kappa shape index (κ1) is 8.27. The molecule has 0 aromatic heterocycles. The summed E-state index contributed by atoms with van der Waals surface area (Å²) < 4.78 is 5.50. The Labute approximate surface area is 73.2 Å². The second-order valence-corrected chi connectivity index (χ2v) is 4.60. The molecule has 1 aliphatic heterocycles. The molecule has 0 saturated carbocycles. The van der Waals surface area contributed by atoms with E-state index in [1.165, 1.54) is 0 Å². The number of fused-ring (bicyclic) bond motifs is 1. The number of hydrogen-bond donors (Lipinski definition) is 1. The van der Waals surface area contributed by atoms with Crippen LogP contribution < -0.4 is 0 Å². The maximum atomic E-state index is 9.74. The fourth-order valence-corrected chi connectivity index (χ4v) is 1.83. The monoisotopic (exact) mass is 168 g/mol. The highest BCUT2D eigenvalue weighted by atomic mass is 16.6. The molecule has 0 radical (unpaired) electrons. The highest BCUT2D eigenvalue weighted by Gasteiger charge is 2.53. The van der Waals surface area contributed by atoms with E-state index in [9.17, 15) is 5.11 Å². The summed E-state index contributed by atoms with van der Waals surface area (Å²) in [5.74, 6) is 0. The Morgan fingerprint density at radius 3 is 2.83 bits per heavy atom. The van der Waals surface area contributed by atoms with Crippen LogP contribution >= 0.6 is 0 Å². The summed E-state index contributed by atoms with van der Waals surface area (Å²) in [5.41, 5.74) is 0.574. The minimum Gasteiger partial charge on any atom is -0.386 e. The highest BCUT2D eigenvalue weighted by Crippen LogP contribution is 2.47. The van der Waals surface area contributed by atoms with Gasteiger partial charge >= 0.3 is 0 Å². The van der Waals surface area contributed by atoms with Crippen molar-refractivity contribution in [2.75, 3.05) is 0 Å². The summed E-state index contributed by atoms with van der Waals surface area (Å²) in [5, 5.41) is 9.74. The predicted octanol–water partition coefficient (Wildman–Crippen LogP) is 1.64. The molecular weight excluding hydrogens is 152 g/mol. The van der Waals surface area contributed by atoms with Gasteiger partial charge in [0.15, 0.2) is 0 Å². The van der Waals surface area contributed by atoms with Crippen LogP contribution in [0.5, 0.6) is 0 Å². The third-order valence-corrected chi connectivity index (χ3v) is 2.97. The number of rotatable bonds is 1. The van der Waals surface area contributed by atoms with Gasteiger partial charge in [-0.25, -0.2) is 0 Å². The maximum Gasteiger partial charge on any atom is 0.106 e. The number of hydrogen-bond acceptors (Lipinski definition) is 2. The molecule has 1 N–H and O–H groups in total. The zero-order chi connectivity index (χ0) is 8.98. The highest BCUT2D eigenvalue weighted by molar-refractivity contribution is 5.27. The van der Waals surface area contributed by atoms with Crippen LogP contribution in [0.2, 0.25) is 0 Å². The van der Waals surface area contributed by atoms with Crippen LogP contribution in [0.3, 0.4) is 0 Å². The van der Waals surface area contributed by atoms with Crippen molar-refractivity contribution in [2.45, 2.75) is 50.9 Å². The Hall–Kier alpha value is -0.340. The minimum atomic E-state index is -0.659. The molecule has 1 fully saturated rings. The standard InChI is InChI=1S/C10H16O2/c1-9(2,11)7-4-5-10(3)8(6-7)12-10/h6,8,11H,4-5H2,1-3H3. The number of epoxide rings is 1. The van der Waals surface area contributed by atoms with Crippen molar-refractivity contribution in [3.63, 3.8) is 0 Å². The normalized spacial score (nSPS) is 40.3. The van der Waals surface area contributed by atoms with Crippen LogP contribution in [-0.4, -0.2) is 22.4 Å². The lowest BCUT2D eigenvalue weighted by Gasteiger charge is -2.24. The quantitative estimate of drug-likeness (QED) is 0.477. The summed E-state index contributed by atoms with van der Waals surface area (Å²) in [6.07, 6.45) is 4.38. The Balaban J connectivity index is 2.17. The summed E-state index contributed by atoms with van der Waals surface area (Å²) in [4.78, 5) is 0. The molecule has 1 aliphatic carbocycles. The molecule has 2 nitrogen and oxygen atoms in total. The van der Waals surface area contributed by atoms with Gasteiger partial charge in [0, 0.05) is 0 Å². The van der Waals surface area contributed by atoms with Crippen LogP contribution in [0, 0.1) is 0 Å². The lowest BCUT2D eigenvalue weighted by Crippen LogP contribution is -2.26. The SMILES string of the molecule is CC(C)(O)C1=CC2OC2(C)CC1. The van der Waals surface area contributed by atoms with Gasteiger partial charge in [-0.1, -0.05) is 6.08 Å². The molecule has 0 spiro atoms. The second-order valence-electron chi connectivity index (χ2n) is 4.60. The molecule has 2 aliphatic rings. The average Bonchev–Trinajstić information content (AvgIpc) is 2.56. The van der Waals surface area contributed by atoms with E-state index in [2.05, 4.69) is 13.0 Å². The van der Waals surface area contributed by atoms with Crippen molar-refractivity contribution in [2.24, 2.45) is 0 Å². The van der Waals surface area contributed by atoms with E-state index in [1.807, 2.05) is 13.8 Å². The van der Waals surface area contributed by atoms with E-state index in [0.717, 1.165) is 18.4 Å². The lowest BCUT2D eigenvalue weighted by atomic mass is 9.84. The van der Waals surface area contributed by atoms with Crippen LogP contribution in [0.4, 0.5) is 0 Å². The van der Waals surface area contributed by atoms with Gasteiger partial charge in [0.1, 0.15) is 6.10 Å². The summed E-state index contributed by atoms with van der Waals surface area (Å²) >= 11 is 0. The zero-order valence-electron chi connectivity index (χ0n) is 7.92. The summed E-state index contributed by atoms with van der Waals surface area (Å²) in [7, 11) is 0. The van der Waals surface area contributed by atoms with Gasteiger partial charge in [0.05, 0.1) is 11.2 Å². The molecular formula is C10H16O2. The first-order chi connectivity index (χ1) is 5.42. The molecule has 0 aromatic carbocycles. The third kappa shape index (κ3) is 1.19. The van der Waals surface area contributed by atoms with Crippen LogP contribution in [-0.2, 0) is 4.74 Å². The molecule has 1 saturated heterocycles. The van der Waals surface area contributed by atoms with E-state index in [0.29, 0.717) is 0 Å². The van der Waals surface area contributed by atoms with E-state index in [1.54, 1.807) is 0 Å². The molecule has 68 valence electrons. The van der Waals surface area contributed by atoms with Gasteiger partial charge in [-0.05, 0) is 39.2 Å². The second kappa shape index (κ2) is 2.12. The Kier molecular flexibility index (Phi) is 1.46. The number of ether oxygens (including phenoxy) is 1. The number of aliphatic hydroxyl groups is 1. The Morgan fingerprint density at radius 2 is 2.33 bits per heavy atom. The van der Waals surface area contributed by atoms with Gasteiger partial charge in [-0.15, -0.1) is 0 Å². The van der Waals surface area contributed by atoms with Gasteiger partial charge in [0.2, 0.25) is 0 Å². The molecule has 0 amide bonds. The maximum absolute atomic E-state index is 9.74. The molecule has 0 bridgehead atoms. The Bertz CT molecular complexity index is 237. The molecule has 0 aromatic rings. The summed E-state index contributed by atoms with van der Waals surface area (Å²) in [6, 6.07) is 0. The Morgan fingerprint density at radius 1 is 1.67 bits per heavy atom. The minimum absolute atomic E-state index is 0.106. The fourth-order valence-electron chi connectivity index (χ4n) is 1.83. The van der Waals surface area contributed by atoms with Gasteiger partial charge in [0.25, 0.3) is 0 Å². The van der Waals surface area contributed by atoms with Crippen molar-refractivity contribution in [3.8, 4) is 0 Å². The molecule has 2 unspecified atom stereocenters. The molecule has 2 rings (SSSR count). The van der Waals surface area contributed by atoms with Crippen molar-refractivity contribution < 1.29 is 9.84 Å². The largest absolute Gasteiger partial charge is 0.386 e. The van der Waals surface area contributed by atoms with E-state index < -0.39 is 5.60 Å². The zero-order valence-corrected chi connectivity index (χ0v) is 7.92. The van der Waals surface area contributed by atoms with Gasteiger partial charge in [-0.2, -0.15) is 0 Å². The lowest BCUT2D eigenvalue weighted by molar-refractivity contribution is 0.113. The molecule has 1 heterocycles. The van der Waals surface area contributed by atoms with Crippen LogP contribution in [0.1, 0.15) is 33.6 Å². The van der Waals surface area contributed by atoms with E-state index >= 15 is 0 Å². The first-order valence-electron chi connectivity index (χ1n) is 4.53. The van der Waals surface area contributed by atoms with Crippen molar-refractivity contribution in [1.29, 1.82) is 0 Å². The summed E-state index contributed by atoms with van der Waals surface area (Å²) in [6.45, 7) is 5.81. The fraction of sp³-hybridized carbons (Fsp3) is 0.800. The van der Waals surface area contributed by atoms with Gasteiger partial charge in [-0.3, -0.25) is 0 Å². The molecule has 12 heavy (non-hydrogen) atoms. The molecule has 2 heteroatoms. The van der Waals surface area contributed by atoms with E-state index in [-0.39, 0.29) is 11.7 Å². The van der Waals surface area contributed by atoms with Crippen LogP contribution in [0.15, 0.2) is 11.6 Å². The van der Waals surface area contributed by atoms with Crippen LogP contribution in [0.25, 0.3) is 0 Å². The van der Waals surface area contributed by atoms with Gasteiger partial charge < -0.3 is 9.84 Å². The predicted molar refractivity (Wildman–Crippen MR) is 46.9 cm³/mol. The van der Waals surface area contributed by atoms with Crippen molar-refractivity contribution >= 4 is 0 Å². The molecule has 2 atom stereocenters. The third-order valence-electron chi connectivity index (χ3n) is 2.97. The smallest absolute Gasteiger partial charge is 0.106 e. The van der Waals surface area contributed by atoms with Crippen molar-refractivity contribution in [3.05, 3.63) is 11.6 Å².